The van der Waals surface area contributed by atoms with E-state index < -0.39 is 0 Å². The molecule has 2 aromatic heterocycles. The SMILES string of the molecule is COc1ccc(-c2cc(=NNc3ccc4ccccc4n3)c3cc(Cl)c(C)cc3o2)cc1. The van der Waals surface area contributed by atoms with E-state index >= 15 is 0 Å². The Morgan fingerprint density at radius 3 is 2.59 bits per heavy atom. The fourth-order valence-corrected chi connectivity index (χ4v) is 3.69. The highest BCUT2D eigenvalue weighted by Gasteiger charge is 2.09. The van der Waals surface area contributed by atoms with E-state index in [1.807, 2.05) is 85.8 Å². The second-order valence-corrected chi connectivity index (χ2v) is 7.84. The molecule has 0 atom stereocenters. The van der Waals surface area contributed by atoms with Gasteiger partial charge in [-0.1, -0.05) is 29.8 Å². The van der Waals surface area contributed by atoms with E-state index in [0.29, 0.717) is 27.5 Å². The Hall–Kier alpha value is -3.83. The number of halogens is 1. The van der Waals surface area contributed by atoms with Crippen molar-refractivity contribution < 1.29 is 9.15 Å². The van der Waals surface area contributed by atoms with Crippen LogP contribution in [0.25, 0.3) is 33.2 Å². The van der Waals surface area contributed by atoms with Gasteiger partial charge in [0, 0.05) is 27.4 Å². The summed E-state index contributed by atoms with van der Waals surface area (Å²) in [6.45, 7) is 1.95. The molecular formula is C26H20ClN3O2. The molecule has 0 saturated heterocycles. The molecule has 3 aromatic carbocycles. The van der Waals surface area contributed by atoms with E-state index in [-0.39, 0.29) is 0 Å². The number of aryl methyl sites for hydroxylation is 1. The number of para-hydroxylation sites is 1. The van der Waals surface area contributed by atoms with Crippen LogP contribution in [-0.2, 0) is 0 Å². The Morgan fingerprint density at radius 1 is 0.969 bits per heavy atom. The van der Waals surface area contributed by atoms with Gasteiger partial charge in [-0.05, 0) is 67.1 Å². The minimum Gasteiger partial charge on any atom is -0.497 e. The van der Waals surface area contributed by atoms with E-state index in [1.165, 1.54) is 0 Å². The molecule has 0 spiro atoms. The summed E-state index contributed by atoms with van der Waals surface area (Å²) >= 11 is 6.40. The molecule has 2 heterocycles. The van der Waals surface area contributed by atoms with E-state index in [2.05, 4.69) is 15.5 Å². The van der Waals surface area contributed by atoms with Gasteiger partial charge in [0.2, 0.25) is 0 Å². The van der Waals surface area contributed by atoms with Crippen LogP contribution in [0.1, 0.15) is 5.56 Å². The Kier molecular flexibility index (Phi) is 5.25. The number of ether oxygens (including phenoxy) is 1. The number of methoxy groups -OCH3 is 1. The second kappa shape index (κ2) is 8.36. The summed E-state index contributed by atoms with van der Waals surface area (Å²) in [6.07, 6.45) is 0. The third-order valence-corrected chi connectivity index (χ3v) is 5.70. The van der Waals surface area contributed by atoms with Gasteiger partial charge in [0.1, 0.15) is 22.9 Å². The molecule has 5 nitrogen and oxygen atoms in total. The summed E-state index contributed by atoms with van der Waals surface area (Å²) in [4.78, 5) is 4.63. The summed E-state index contributed by atoms with van der Waals surface area (Å²) in [5.41, 5.74) is 6.54. The van der Waals surface area contributed by atoms with Crippen molar-refractivity contribution in [1.29, 1.82) is 0 Å². The molecular weight excluding hydrogens is 422 g/mol. The lowest BCUT2D eigenvalue weighted by atomic mass is 10.1. The standard InChI is InChI=1S/C26H20ClN3O2/c1-16-13-25-20(14-21(16)27)23(15-24(32-25)18-7-10-19(31-2)11-8-18)29-30-26-12-9-17-5-3-4-6-22(17)28-26/h3-15H,1-2H3,(H,28,30). The van der Waals surface area contributed by atoms with E-state index in [0.717, 1.165) is 33.2 Å². The van der Waals surface area contributed by atoms with E-state index in [9.17, 15) is 0 Å². The van der Waals surface area contributed by atoms with Gasteiger partial charge in [0.25, 0.3) is 0 Å². The first-order valence-corrected chi connectivity index (χ1v) is 10.5. The highest BCUT2D eigenvalue weighted by Crippen LogP contribution is 2.27. The average molecular weight is 442 g/mol. The van der Waals surface area contributed by atoms with E-state index in [4.69, 9.17) is 20.8 Å². The zero-order valence-electron chi connectivity index (χ0n) is 17.6. The molecule has 0 aliphatic heterocycles. The fraction of sp³-hybridized carbons (Fsp3) is 0.0769. The van der Waals surface area contributed by atoms with Crippen LogP contribution in [0.4, 0.5) is 5.82 Å². The van der Waals surface area contributed by atoms with Crippen LogP contribution >= 0.6 is 11.6 Å². The monoisotopic (exact) mass is 441 g/mol. The summed E-state index contributed by atoms with van der Waals surface area (Å²) in [6, 6.07) is 25.3. The number of nitrogens with zero attached hydrogens (tertiary/aromatic N) is 2. The van der Waals surface area contributed by atoms with Gasteiger partial charge in [0.05, 0.1) is 18.0 Å². The van der Waals surface area contributed by atoms with Crippen LogP contribution in [0.15, 0.2) is 88.4 Å². The fourth-order valence-electron chi connectivity index (χ4n) is 3.53. The molecule has 158 valence electrons. The lowest BCUT2D eigenvalue weighted by Crippen LogP contribution is -2.08. The van der Waals surface area contributed by atoms with Crippen molar-refractivity contribution in [3.63, 3.8) is 0 Å². The first-order chi connectivity index (χ1) is 15.6. The summed E-state index contributed by atoms with van der Waals surface area (Å²) < 4.78 is 11.5. The maximum atomic E-state index is 6.40. The molecule has 0 aliphatic carbocycles. The normalized spacial score (nSPS) is 11.8. The van der Waals surface area contributed by atoms with Gasteiger partial charge in [-0.2, -0.15) is 5.10 Å². The lowest BCUT2D eigenvalue weighted by Gasteiger charge is -2.08. The maximum absolute atomic E-state index is 6.40. The van der Waals surface area contributed by atoms with Gasteiger partial charge >= 0.3 is 0 Å². The molecule has 5 aromatic rings. The van der Waals surface area contributed by atoms with Crippen LogP contribution in [0.3, 0.4) is 0 Å². The summed E-state index contributed by atoms with van der Waals surface area (Å²) in [7, 11) is 1.64. The predicted octanol–water partition coefficient (Wildman–Crippen LogP) is 6.55. The second-order valence-electron chi connectivity index (χ2n) is 7.43. The first-order valence-electron chi connectivity index (χ1n) is 10.1. The number of benzene rings is 3. The quantitative estimate of drug-likeness (QED) is 0.321. The smallest absolute Gasteiger partial charge is 0.146 e. The molecule has 0 aliphatic rings. The molecule has 0 saturated carbocycles. The van der Waals surface area contributed by atoms with Crippen molar-refractivity contribution in [2.24, 2.45) is 5.10 Å². The van der Waals surface area contributed by atoms with Crippen molar-refractivity contribution in [2.45, 2.75) is 6.92 Å². The van der Waals surface area contributed by atoms with Crippen LogP contribution in [0, 0.1) is 6.92 Å². The highest BCUT2D eigenvalue weighted by molar-refractivity contribution is 6.32. The minimum atomic E-state index is 0.654. The van der Waals surface area contributed by atoms with Gasteiger partial charge in [-0.25, -0.2) is 4.98 Å². The third kappa shape index (κ3) is 3.90. The predicted molar refractivity (Wildman–Crippen MR) is 129 cm³/mol. The van der Waals surface area contributed by atoms with Crippen LogP contribution < -0.4 is 15.5 Å². The average Bonchev–Trinajstić information content (AvgIpc) is 2.83. The molecule has 0 unspecified atom stereocenters. The first kappa shape index (κ1) is 20.1. The van der Waals surface area contributed by atoms with Crippen molar-refractivity contribution in [3.05, 3.63) is 94.8 Å². The Morgan fingerprint density at radius 2 is 1.78 bits per heavy atom. The van der Waals surface area contributed by atoms with Crippen molar-refractivity contribution >= 4 is 39.3 Å². The summed E-state index contributed by atoms with van der Waals surface area (Å²) in [5.74, 6) is 2.13. The molecule has 0 fully saturated rings. The number of nitrogens with one attached hydrogen (secondary N) is 1. The number of pyridine rings is 1. The number of hydrogen-bond acceptors (Lipinski definition) is 5. The van der Waals surface area contributed by atoms with Crippen LogP contribution in [0.5, 0.6) is 5.75 Å². The number of fused-ring (bicyclic) bond motifs is 2. The molecule has 32 heavy (non-hydrogen) atoms. The Labute approximate surface area is 189 Å². The number of anilines is 1. The van der Waals surface area contributed by atoms with Gasteiger partial charge in [0.15, 0.2) is 0 Å². The Balaban J connectivity index is 1.63. The lowest BCUT2D eigenvalue weighted by molar-refractivity contribution is 0.415. The molecule has 1 N–H and O–H groups in total. The van der Waals surface area contributed by atoms with Gasteiger partial charge in [-0.15, -0.1) is 0 Å². The number of aromatic nitrogens is 1. The molecule has 0 bridgehead atoms. The third-order valence-electron chi connectivity index (χ3n) is 5.29. The zero-order valence-corrected chi connectivity index (χ0v) is 18.4. The summed E-state index contributed by atoms with van der Waals surface area (Å²) in [5, 5.41) is 7.89. The van der Waals surface area contributed by atoms with Crippen LogP contribution in [-0.4, -0.2) is 12.1 Å². The van der Waals surface area contributed by atoms with Crippen molar-refractivity contribution in [3.8, 4) is 17.1 Å². The van der Waals surface area contributed by atoms with E-state index in [1.54, 1.807) is 7.11 Å². The molecule has 0 amide bonds. The Bertz CT molecular complexity index is 1510. The minimum absolute atomic E-state index is 0.654. The van der Waals surface area contributed by atoms with Crippen LogP contribution in [0.2, 0.25) is 5.02 Å². The molecule has 5 rings (SSSR count). The largest absolute Gasteiger partial charge is 0.497 e. The van der Waals surface area contributed by atoms with Crippen molar-refractivity contribution in [1.82, 2.24) is 4.98 Å². The number of hydrogen-bond donors (Lipinski definition) is 1. The molecule has 0 radical (unpaired) electrons. The zero-order chi connectivity index (χ0) is 22.1. The maximum Gasteiger partial charge on any atom is 0.146 e. The van der Waals surface area contributed by atoms with Crippen molar-refractivity contribution in [2.75, 3.05) is 12.5 Å². The van der Waals surface area contributed by atoms with Gasteiger partial charge in [-0.3, -0.25) is 5.43 Å². The van der Waals surface area contributed by atoms with Gasteiger partial charge < -0.3 is 9.15 Å². The molecule has 6 heteroatoms. The number of rotatable bonds is 4. The topological polar surface area (TPSA) is 59.6 Å². The highest BCUT2D eigenvalue weighted by atomic mass is 35.5.